The highest BCUT2D eigenvalue weighted by molar-refractivity contribution is 6.09. The van der Waals surface area contributed by atoms with Crippen molar-refractivity contribution in [2.24, 2.45) is 23.7 Å². The third-order valence-corrected chi connectivity index (χ3v) is 15.4. The van der Waals surface area contributed by atoms with Crippen molar-refractivity contribution >= 4 is 38.9 Å². The van der Waals surface area contributed by atoms with Crippen LogP contribution in [0.4, 0.5) is 17.1 Å². The minimum Gasteiger partial charge on any atom is -0.457 e. The van der Waals surface area contributed by atoms with Gasteiger partial charge in [0.15, 0.2) is 0 Å². The fourth-order valence-electron chi connectivity index (χ4n) is 13.2. The first-order valence-corrected chi connectivity index (χ1v) is 22.8. The zero-order valence-electron chi connectivity index (χ0n) is 36.5. The number of hydrogen-bond donors (Lipinski definition) is 0. The van der Waals surface area contributed by atoms with Crippen molar-refractivity contribution in [1.29, 1.82) is 0 Å². The van der Waals surface area contributed by atoms with Crippen LogP contribution in [0.15, 0.2) is 140 Å². The van der Waals surface area contributed by atoms with Gasteiger partial charge < -0.3 is 14.5 Å². The molecule has 5 nitrogen and oxygen atoms in total. The SMILES string of the molecule is Cc1ccc(C2(c3ccnc(-n4c5ccccc5c5ccc(Oc6cc(-c7c(C)cc(C)cc7C)cc(N7CN(C)c8ccccc87)c6)cc54)c3)C3CC4CC(C3)CC2C4)cc1. The lowest BCUT2D eigenvalue weighted by atomic mass is 9.42. The number of anilines is 3. The normalized spacial score (nSPS) is 22.5. The van der Waals surface area contributed by atoms with Gasteiger partial charge in [0.25, 0.3) is 0 Å². The van der Waals surface area contributed by atoms with Gasteiger partial charge in [-0.25, -0.2) is 4.98 Å². The highest BCUT2D eigenvalue weighted by Gasteiger charge is 2.58. The van der Waals surface area contributed by atoms with Crippen LogP contribution in [0.5, 0.6) is 11.5 Å². The number of hydrogen-bond acceptors (Lipinski definition) is 4. The number of rotatable bonds is 7. The molecule has 4 saturated carbocycles. The van der Waals surface area contributed by atoms with Crippen LogP contribution in [0.25, 0.3) is 38.8 Å². The second-order valence-electron chi connectivity index (χ2n) is 19.3. The fraction of sp³-hybridized carbons (Fsp3) is 0.281. The number of aryl methyl sites for hydroxylation is 4. The number of ether oxygens (including phenoxy) is 1. The fourth-order valence-corrected chi connectivity index (χ4v) is 13.2. The summed E-state index contributed by atoms with van der Waals surface area (Å²) in [4.78, 5) is 9.92. The van der Waals surface area contributed by atoms with Crippen molar-refractivity contribution in [1.82, 2.24) is 9.55 Å². The molecule has 0 unspecified atom stereocenters. The van der Waals surface area contributed by atoms with Gasteiger partial charge in [-0.1, -0.05) is 77.9 Å². The van der Waals surface area contributed by atoms with Crippen LogP contribution in [0.3, 0.4) is 0 Å². The van der Waals surface area contributed by atoms with Crippen molar-refractivity contribution in [3.63, 3.8) is 0 Å². The Morgan fingerprint density at radius 2 is 1.27 bits per heavy atom. The van der Waals surface area contributed by atoms with E-state index in [0.29, 0.717) is 11.8 Å². The molecule has 308 valence electrons. The summed E-state index contributed by atoms with van der Waals surface area (Å²) >= 11 is 0. The molecule has 6 aromatic carbocycles. The Hall–Kier alpha value is -6.33. The summed E-state index contributed by atoms with van der Waals surface area (Å²) in [5.74, 6) is 5.64. The van der Waals surface area contributed by atoms with E-state index in [9.17, 15) is 0 Å². The first-order valence-electron chi connectivity index (χ1n) is 22.8. The molecule has 5 aliphatic rings. The topological polar surface area (TPSA) is 33.5 Å². The summed E-state index contributed by atoms with van der Waals surface area (Å²) < 4.78 is 9.43. The summed E-state index contributed by atoms with van der Waals surface area (Å²) in [5.41, 5.74) is 16.3. The maximum Gasteiger partial charge on any atom is 0.137 e. The van der Waals surface area contributed by atoms with Gasteiger partial charge in [-0.05, 0) is 171 Å². The van der Waals surface area contributed by atoms with E-state index in [1.54, 1.807) is 0 Å². The Morgan fingerprint density at radius 1 is 0.581 bits per heavy atom. The molecule has 8 aromatic rings. The zero-order valence-corrected chi connectivity index (χ0v) is 36.5. The lowest BCUT2D eigenvalue weighted by molar-refractivity contribution is -0.0418. The maximum atomic E-state index is 7.05. The molecule has 0 saturated heterocycles. The molecule has 13 rings (SSSR count). The van der Waals surface area contributed by atoms with Crippen LogP contribution in [-0.2, 0) is 5.41 Å². The minimum atomic E-state index is -0.00656. The Kier molecular flexibility index (Phi) is 8.51. The third kappa shape index (κ3) is 5.77. The molecule has 3 heterocycles. The number of nitrogens with zero attached hydrogens (tertiary/aromatic N) is 4. The standard InChI is InChI=1S/C57H54N4O/c1-35-14-16-42(17-15-35)57(44-25-39-24-40(27-44)28-45(57)26-39)43-20-21-58-55(31-43)61-51-11-7-6-10-49(51)50-19-18-47(33-54(50)61)62-48-30-41(56-37(3)22-36(2)23-38(56)4)29-46(32-48)60-34-59(5)52-12-8-9-13-53(52)60/h6-23,29-33,39-40,44-45H,24-28,34H2,1-5H3. The second-order valence-corrected chi connectivity index (χ2v) is 19.3. The van der Waals surface area contributed by atoms with Gasteiger partial charge >= 0.3 is 0 Å². The highest BCUT2D eigenvalue weighted by Crippen LogP contribution is 2.65. The molecule has 0 N–H and O–H groups in total. The molecule has 2 aromatic heterocycles. The van der Waals surface area contributed by atoms with Gasteiger partial charge in [-0.2, -0.15) is 0 Å². The summed E-state index contributed by atoms with van der Waals surface area (Å²) in [6.45, 7) is 9.61. The van der Waals surface area contributed by atoms with Gasteiger partial charge in [-0.3, -0.25) is 4.57 Å². The van der Waals surface area contributed by atoms with Crippen molar-refractivity contribution in [2.75, 3.05) is 23.5 Å². The molecule has 62 heavy (non-hydrogen) atoms. The van der Waals surface area contributed by atoms with Crippen molar-refractivity contribution in [2.45, 2.75) is 65.2 Å². The summed E-state index contributed by atoms with van der Waals surface area (Å²) in [7, 11) is 2.17. The molecule has 1 aliphatic heterocycles. The number of benzene rings is 6. The molecule has 5 heteroatoms. The van der Waals surface area contributed by atoms with E-state index in [1.165, 1.54) is 93.2 Å². The average Bonchev–Trinajstić information content (AvgIpc) is 3.78. The number of pyridine rings is 1. The minimum absolute atomic E-state index is 0.00656. The van der Waals surface area contributed by atoms with Gasteiger partial charge in [0.1, 0.15) is 17.3 Å². The van der Waals surface area contributed by atoms with E-state index in [2.05, 4.69) is 189 Å². The molecular weight excluding hydrogens is 757 g/mol. The average molecular weight is 811 g/mol. The van der Waals surface area contributed by atoms with Gasteiger partial charge in [-0.15, -0.1) is 0 Å². The van der Waals surface area contributed by atoms with Gasteiger partial charge in [0.2, 0.25) is 0 Å². The number of fused-ring (bicyclic) bond motifs is 4. The largest absolute Gasteiger partial charge is 0.457 e. The quantitative estimate of drug-likeness (QED) is 0.161. The summed E-state index contributed by atoms with van der Waals surface area (Å²) in [6, 6.07) is 49.8. The summed E-state index contributed by atoms with van der Waals surface area (Å²) in [5, 5.41) is 2.41. The van der Waals surface area contributed by atoms with Gasteiger partial charge in [0, 0.05) is 47.3 Å². The Bertz CT molecular complexity index is 3020. The second kappa shape index (κ2) is 14.1. The molecule has 4 aliphatic carbocycles. The Labute approximate surface area is 365 Å². The van der Waals surface area contributed by atoms with Crippen LogP contribution in [0.2, 0.25) is 0 Å². The molecular formula is C57H54N4O. The van der Waals surface area contributed by atoms with Crippen molar-refractivity contribution < 1.29 is 4.74 Å². The van der Waals surface area contributed by atoms with E-state index in [0.717, 1.165) is 58.1 Å². The first kappa shape index (κ1) is 37.4. The monoisotopic (exact) mass is 810 g/mol. The van der Waals surface area contributed by atoms with Crippen LogP contribution >= 0.6 is 0 Å². The molecule has 0 atom stereocenters. The maximum absolute atomic E-state index is 7.05. The Balaban J connectivity index is 0.995. The number of aromatic nitrogens is 2. The summed E-state index contributed by atoms with van der Waals surface area (Å²) in [6.07, 6.45) is 8.86. The molecule has 0 amide bonds. The Morgan fingerprint density at radius 3 is 2.03 bits per heavy atom. The van der Waals surface area contributed by atoms with Crippen molar-refractivity contribution in [3.8, 4) is 28.4 Å². The van der Waals surface area contributed by atoms with Crippen molar-refractivity contribution in [3.05, 3.63) is 173 Å². The lowest BCUT2D eigenvalue weighted by Gasteiger charge is -2.62. The first-order chi connectivity index (χ1) is 30.2. The van der Waals surface area contributed by atoms with E-state index < -0.39 is 0 Å². The van der Waals surface area contributed by atoms with Gasteiger partial charge in [0.05, 0.1) is 29.1 Å². The van der Waals surface area contributed by atoms with E-state index in [4.69, 9.17) is 9.72 Å². The smallest absolute Gasteiger partial charge is 0.137 e. The molecule has 0 spiro atoms. The third-order valence-electron chi connectivity index (χ3n) is 15.4. The molecule has 0 radical (unpaired) electrons. The molecule has 4 bridgehead atoms. The van der Waals surface area contributed by atoms with E-state index in [-0.39, 0.29) is 5.41 Å². The predicted octanol–water partition coefficient (Wildman–Crippen LogP) is 14.2. The van der Waals surface area contributed by atoms with Crippen LogP contribution < -0.4 is 14.5 Å². The van der Waals surface area contributed by atoms with E-state index in [1.807, 2.05) is 0 Å². The van der Waals surface area contributed by atoms with E-state index >= 15 is 0 Å². The molecule has 4 fully saturated rings. The highest BCUT2D eigenvalue weighted by atomic mass is 16.5. The lowest BCUT2D eigenvalue weighted by Crippen LogP contribution is -2.56. The van der Waals surface area contributed by atoms with Crippen LogP contribution in [0.1, 0.15) is 65.5 Å². The zero-order chi connectivity index (χ0) is 41.9. The van der Waals surface area contributed by atoms with Crippen LogP contribution in [0, 0.1) is 51.4 Å². The van der Waals surface area contributed by atoms with Crippen LogP contribution in [-0.4, -0.2) is 23.3 Å². The predicted molar refractivity (Wildman–Crippen MR) is 256 cm³/mol. The number of para-hydroxylation sites is 3.